The summed E-state index contributed by atoms with van der Waals surface area (Å²) < 4.78 is 33.4. The number of methoxy groups -OCH3 is 1. The third-order valence-corrected chi connectivity index (χ3v) is 6.26. The number of aromatic nitrogens is 2. The van der Waals surface area contributed by atoms with Crippen LogP contribution in [0.3, 0.4) is 0 Å². The molecule has 0 saturated carbocycles. The smallest absolute Gasteiger partial charge is 0.272 e. The van der Waals surface area contributed by atoms with Crippen molar-refractivity contribution in [1.82, 2.24) is 10.2 Å². The minimum absolute atomic E-state index is 0.0462. The lowest BCUT2D eigenvalue weighted by Gasteiger charge is -2.13. The first-order chi connectivity index (χ1) is 15.9. The van der Waals surface area contributed by atoms with Crippen LogP contribution in [0.15, 0.2) is 82.5 Å². The van der Waals surface area contributed by atoms with Gasteiger partial charge in [-0.3, -0.25) is 14.3 Å². The van der Waals surface area contributed by atoms with Crippen LogP contribution in [0.2, 0.25) is 0 Å². The molecule has 0 aliphatic carbocycles. The number of benzene rings is 3. The van der Waals surface area contributed by atoms with E-state index in [9.17, 15) is 18.0 Å². The molecule has 0 aliphatic rings. The van der Waals surface area contributed by atoms with E-state index >= 15 is 0 Å². The average molecular weight is 465 g/mol. The van der Waals surface area contributed by atoms with Crippen molar-refractivity contribution < 1.29 is 17.9 Å². The molecule has 0 aliphatic heterocycles. The van der Waals surface area contributed by atoms with Crippen LogP contribution in [0.25, 0.3) is 10.8 Å². The van der Waals surface area contributed by atoms with Gasteiger partial charge in [0.15, 0.2) is 0 Å². The third-order valence-electron chi connectivity index (χ3n) is 4.88. The highest BCUT2D eigenvalue weighted by atomic mass is 32.2. The predicted octanol–water partition coefficient (Wildman–Crippen LogP) is 2.91. The summed E-state index contributed by atoms with van der Waals surface area (Å²) in [4.78, 5) is 24.7. The quantitative estimate of drug-likeness (QED) is 0.386. The Morgan fingerprint density at radius 2 is 1.70 bits per heavy atom. The van der Waals surface area contributed by atoms with Crippen LogP contribution in [-0.2, 0) is 21.2 Å². The summed E-state index contributed by atoms with van der Waals surface area (Å²) in [5.74, 6) is -0.162. The van der Waals surface area contributed by atoms with Crippen LogP contribution in [0.4, 0.5) is 11.4 Å². The number of rotatable bonds is 7. The number of nitrogens with one attached hydrogen (secondary N) is 3. The summed E-state index contributed by atoms with van der Waals surface area (Å²) >= 11 is 0. The minimum atomic E-state index is -3.90. The molecule has 33 heavy (non-hydrogen) atoms. The number of para-hydroxylation sites is 1. The van der Waals surface area contributed by atoms with E-state index in [1.54, 1.807) is 54.6 Å². The van der Waals surface area contributed by atoms with Gasteiger partial charge in [-0.15, -0.1) is 0 Å². The number of nitrogens with zero attached hydrogens (tertiary/aromatic N) is 1. The maximum Gasteiger partial charge on any atom is 0.272 e. The zero-order chi connectivity index (χ0) is 23.4. The van der Waals surface area contributed by atoms with E-state index in [1.807, 2.05) is 0 Å². The molecule has 1 amide bonds. The average Bonchev–Trinajstić information content (AvgIpc) is 2.81. The van der Waals surface area contributed by atoms with Crippen molar-refractivity contribution in [3.63, 3.8) is 0 Å². The van der Waals surface area contributed by atoms with Gasteiger partial charge in [0, 0.05) is 11.1 Å². The fourth-order valence-electron chi connectivity index (χ4n) is 3.32. The Morgan fingerprint density at radius 1 is 1.00 bits per heavy atom. The molecule has 3 N–H and O–H groups in total. The predicted molar refractivity (Wildman–Crippen MR) is 125 cm³/mol. The monoisotopic (exact) mass is 464 g/mol. The van der Waals surface area contributed by atoms with Crippen molar-refractivity contribution >= 4 is 38.1 Å². The Balaban J connectivity index is 1.60. The van der Waals surface area contributed by atoms with E-state index < -0.39 is 15.9 Å². The molecule has 0 atom stereocenters. The van der Waals surface area contributed by atoms with E-state index in [0.717, 1.165) is 0 Å². The van der Waals surface area contributed by atoms with Crippen LogP contribution in [0, 0.1) is 0 Å². The lowest BCUT2D eigenvalue weighted by atomic mass is 10.1. The van der Waals surface area contributed by atoms with Crippen LogP contribution in [-0.4, -0.2) is 31.6 Å². The Hall–Kier alpha value is -4.18. The highest BCUT2D eigenvalue weighted by molar-refractivity contribution is 7.92. The Bertz CT molecular complexity index is 1480. The molecule has 4 rings (SSSR count). The van der Waals surface area contributed by atoms with Crippen molar-refractivity contribution in [3.8, 4) is 5.75 Å². The van der Waals surface area contributed by atoms with Gasteiger partial charge in [0.2, 0.25) is 5.91 Å². The summed E-state index contributed by atoms with van der Waals surface area (Å²) in [7, 11) is -2.48. The third kappa shape index (κ3) is 4.85. The molecule has 1 aromatic heterocycles. The molecule has 3 aromatic carbocycles. The van der Waals surface area contributed by atoms with Crippen LogP contribution < -0.4 is 20.3 Å². The van der Waals surface area contributed by atoms with Gasteiger partial charge >= 0.3 is 0 Å². The van der Waals surface area contributed by atoms with Crippen molar-refractivity contribution in [2.75, 3.05) is 17.1 Å². The topological polar surface area (TPSA) is 130 Å². The molecule has 168 valence electrons. The standard InChI is InChI=1S/C23H20N4O5S/c1-32-21-12-11-16(33(30,31)27-15-7-3-2-4-8-15)13-20(21)24-22(28)14-19-17-9-5-6-10-18(17)23(29)26-25-19/h2-13,27H,14H2,1H3,(H,24,28)(H,26,29). The van der Waals surface area contributed by atoms with Crippen molar-refractivity contribution in [2.45, 2.75) is 11.3 Å². The number of H-pyrrole nitrogens is 1. The zero-order valence-electron chi connectivity index (χ0n) is 17.5. The highest BCUT2D eigenvalue weighted by Crippen LogP contribution is 2.29. The molecular weight excluding hydrogens is 444 g/mol. The number of fused-ring (bicyclic) bond motifs is 1. The number of hydrogen-bond acceptors (Lipinski definition) is 6. The molecule has 1 heterocycles. The van der Waals surface area contributed by atoms with Crippen LogP contribution in [0.5, 0.6) is 5.75 Å². The van der Waals surface area contributed by atoms with Crippen molar-refractivity contribution in [2.24, 2.45) is 0 Å². The number of carbonyl (C=O) groups is 1. The molecule has 10 heteroatoms. The molecule has 0 unspecified atom stereocenters. The lowest BCUT2D eigenvalue weighted by Crippen LogP contribution is -2.19. The maximum absolute atomic E-state index is 12.8. The molecule has 0 fully saturated rings. The van der Waals surface area contributed by atoms with Crippen molar-refractivity contribution in [3.05, 3.63) is 88.8 Å². The van der Waals surface area contributed by atoms with E-state index in [1.165, 1.54) is 25.3 Å². The molecule has 4 aromatic rings. The largest absolute Gasteiger partial charge is 0.495 e. The summed E-state index contributed by atoms with van der Waals surface area (Å²) in [5, 5.41) is 10.1. The number of amides is 1. The number of hydrogen-bond donors (Lipinski definition) is 3. The van der Waals surface area contributed by atoms with Crippen molar-refractivity contribution in [1.29, 1.82) is 0 Å². The van der Waals surface area contributed by atoms with Gasteiger partial charge in [-0.05, 0) is 36.4 Å². The highest BCUT2D eigenvalue weighted by Gasteiger charge is 2.19. The number of anilines is 2. The van der Waals surface area contributed by atoms with E-state index in [0.29, 0.717) is 27.9 Å². The lowest BCUT2D eigenvalue weighted by molar-refractivity contribution is -0.115. The van der Waals surface area contributed by atoms with E-state index in [-0.39, 0.29) is 22.6 Å². The second kappa shape index (κ2) is 9.13. The van der Waals surface area contributed by atoms with Gasteiger partial charge in [-0.25, -0.2) is 13.5 Å². The van der Waals surface area contributed by atoms with Gasteiger partial charge in [-0.2, -0.15) is 5.10 Å². The molecule has 9 nitrogen and oxygen atoms in total. The van der Waals surface area contributed by atoms with E-state index in [4.69, 9.17) is 4.74 Å². The number of aromatic amines is 1. The SMILES string of the molecule is COc1ccc(S(=O)(=O)Nc2ccccc2)cc1NC(=O)Cc1n[nH]c(=O)c2ccccc12. The Kier molecular flexibility index (Phi) is 6.09. The van der Waals surface area contributed by atoms with Gasteiger partial charge in [0.05, 0.1) is 35.2 Å². The van der Waals surface area contributed by atoms with Gasteiger partial charge in [0.25, 0.3) is 15.6 Å². The molecule has 0 saturated heterocycles. The summed E-state index contributed by atoms with van der Waals surface area (Å²) in [6, 6.07) is 19.5. The fraction of sp³-hybridized carbons (Fsp3) is 0.0870. The Morgan fingerprint density at radius 3 is 2.42 bits per heavy atom. The van der Waals surface area contributed by atoms with Crippen LogP contribution in [0.1, 0.15) is 5.69 Å². The first-order valence-corrected chi connectivity index (χ1v) is 11.4. The van der Waals surface area contributed by atoms with Gasteiger partial charge in [0.1, 0.15) is 5.75 Å². The van der Waals surface area contributed by atoms with Gasteiger partial charge < -0.3 is 10.1 Å². The first kappa shape index (κ1) is 22.0. The summed E-state index contributed by atoms with van der Waals surface area (Å²) in [6.45, 7) is 0. The summed E-state index contributed by atoms with van der Waals surface area (Å²) in [5.41, 5.74) is 0.638. The Labute approximate surface area is 189 Å². The second-order valence-corrected chi connectivity index (χ2v) is 8.79. The molecular formula is C23H20N4O5S. The molecule has 0 bridgehead atoms. The van der Waals surface area contributed by atoms with E-state index in [2.05, 4.69) is 20.2 Å². The normalized spacial score (nSPS) is 11.2. The second-order valence-electron chi connectivity index (χ2n) is 7.10. The minimum Gasteiger partial charge on any atom is -0.495 e. The molecule has 0 spiro atoms. The summed E-state index contributed by atoms with van der Waals surface area (Å²) in [6.07, 6.45) is -0.139. The number of sulfonamides is 1. The zero-order valence-corrected chi connectivity index (χ0v) is 18.3. The number of carbonyl (C=O) groups excluding carboxylic acids is 1. The fourth-order valence-corrected chi connectivity index (χ4v) is 4.41. The van der Waals surface area contributed by atoms with Crippen LogP contribution >= 0.6 is 0 Å². The van der Waals surface area contributed by atoms with Gasteiger partial charge in [-0.1, -0.05) is 36.4 Å². The number of ether oxygens (including phenoxy) is 1. The first-order valence-electron chi connectivity index (χ1n) is 9.89. The maximum atomic E-state index is 12.8. The molecule has 0 radical (unpaired) electrons.